The monoisotopic (exact) mass is 414 g/mol. The summed E-state index contributed by atoms with van der Waals surface area (Å²) in [6.45, 7) is 0. The van der Waals surface area contributed by atoms with Crippen molar-refractivity contribution in [2.45, 2.75) is 31.5 Å². The molecule has 1 unspecified atom stereocenters. The normalized spacial score (nSPS) is 16.6. The molecule has 0 spiro atoms. The van der Waals surface area contributed by atoms with E-state index in [1.807, 2.05) is 18.2 Å². The van der Waals surface area contributed by atoms with E-state index in [1.165, 1.54) is 6.07 Å². The van der Waals surface area contributed by atoms with E-state index in [-0.39, 0.29) is 11.3 Å². The maximum Gasteiger partial charge on any atom is 0.416 e. The Bertz CT molecular complexity index is 818. The molecular weight excluding hydrogens is 401 g/mol. The molecule has 0 aromatic heterocycles. The molecule has 1 aliphatic carbocycles. The molecule has 1 aliphatic rings. The number of ether oxygens (including phenoxy) is 1. The van der Waals surface area contributed by atoms with Gasteiger partial charge in [-0.25, -0.2) is 0 Å². The van der Waals surface area contributed by atoms with E-state index < -0.39 is 30.2 Å². The summed E-state index contributed by atoms with van der Waals surface area (Å²) >= 11 is 3.38. The minimum atomic E-state index is -4.52. The summed E-state index contributed by atoms with van der Waals surface area (Å²) in [6, 6.07) is 8.67. The van der Waals surface area contributed by atoms with Crippen LogP contribution >= 0.6 is 15.9 Å². The van der Waals surface area contributed by atoms with Crippen molar-refractivity contribution in [3.63, 3.8) is 0 Å². The third-order valence-electron chi connectivity index (χ3n) is 4.14. The molecule has 3 rings (SSSR count). The highest BCUT2D eigenvalue weighted by Crippen LogP contribution is 2.39. The number of fused-ring (bicyclic) bond motifs is 1. The average molecular weight is 415 g/mol. The van der Waals surface area contributed by atoms with Gasteiger partial charge in [-0.1, -0.05) is 28.1 Å². The van der Waals surface area contributed by atoms with Crippen molar-refractivity contribution < 1.29 is 27.8 Å². The molecule has 25 heavy (non-hydrogen) atoms. The minimum absolute atomic E-state index is 0.0324. The Morgan fingerprint density at radius 1 is 1.24 bits per heavy atom. The molecule has 0 fully saturated rings. The van der Waals surface area contributed by atoms with Crippen LogP contribution in [0.25, 0.3) is 0 Å². The fraction of sp³-hybridized carbons (Fsp3) is 0.278. The van der Waals surface area contributed by atoms with Gasteiger partial charge in [-0.05, 0) is 48.2 Å². The van der Waals surface area contributed by atoms with E-state index in [4.69, 9.17) is 9.84 Å². The number of hydrogen-bond donors (Lipinski definition) is 1. The predicted molar refractivity (Wildman–Crippen MR) is 88.6 cm³/mol. The van der Waals surface area contributed by atoms with Gasteiger partial charge in [0.2, 0.25) is 0 Å². The molecule has 2 aromatic rings. The average Bonchev–Trinajstić information content (AvgIpc) is 2.90. The first-order valence-electron chi connectivity index (χ1n) is 7.61. The molecule has 0 saturated heterocycles. The van der Waals surface area contributed by atoms with Crippen molar-refractivity contribution in [3.05, 3.63) is 63.1 Å². The molecule has 132 valence electrons. The summed E-state index contributed by atoms with van der Waals surface area (Å²) in [6.07, 6.45) is -3.92. The summed E-state index contributed by atoms with van der Waals surface area (Å²) in [5, 5.41) is 8.99. The standard InChI is InChI=1S/C18H14BrF3O3/c19-13-5-2-10-3-6-15(14(10)9-13)25-16-8-12(18(20,21)22)4-1-11(16)7-17(23)24/h1-2,4-5,8-9,15H,3,6-7H2,(H,23,24). The summed E-state index contributed by atoms with van der Waals surface area (Å²) in [5.74, 6) is -1.16. The van der Waals surface area contributed by atoms with Gasteiger partial charge in [0.05, 0.1) is 12.0 Å². The third-order valence-corrected chi connectivity index (χ3v) is 4.63. The van der Waals surface area contributed by atoms with Crippen molar-refractivity contribution in [2.24, 2.45) is 0 Å². The van der Waals surface area contributed by atoms with E-state index in [2.05, 4.69) is 15.9 Å². The SMILES string of the molecule is O=C(O)Cc1ccc(C(F)(F)F)cc1OC1CCc2ccc(Br)cc21. The van der Waals surface area contributed by atoms with Crippen LogP contribution in [0.5, 0.6) is 5.75 Å². The molecule has 0 radical (unpaired) electrons. The number of carboxylic acid groups (broad SMARTS) is 1. The molecule has 1 N–H and O–H groups in total. The lowest BCUT2D eigenvalue weighted by Crippen LogP contribution is -2.11. The van der Waals surface area contributed by atoms with Gasteiger partial charge in [-0.2, -0.15) is 13.2 Å². The number of aliphatic carboxylic acids is 1. The van der Waals surface area contributed by atoms with E-state index in [1.54, 1.807) is 0 Å². The van der Waals surface area contributed by atoms with E-state index in [0.29, 0.717) is 6.42 Å². The van der Waals surface area contributed by atoms with Crippen LogP contribution < -0.4 is 4.74 Å². The molecular formula is C18H14BrF3O3. The van der Waals surface area contributed by atoms with Gasteiger partial charge in [-0.3, -0.25) is 4.79 Å². The van der Waals surface area contributed by atoms with Crippen LogP contribution in [0.3, 0.4) is 0 Å². The van der Waals surface area contributed by atoms with Gasteiger partial charge in [0.15, 0.2) is 0 Å². The molecule has 0 bridgehead atoms. The number of benzene rings is 2. The highest BCUT2D eigenvalue weighted by atomic mass is 79.9. The first kappa shape index (κ1) is 17.8. The zero-order valence-corrected chi connectivity index (χ0v) is 14.5. The third kappa shape index (κ3) is 3.98. The van der Waals surface area contributed by atoms with Crippen molar-refractivity contribution in [2.75, 3.05) is 0 Å². The fourth-order valence-electron chi connectivity index (χ4n) is 2.96. The zero-order chi connectivity index (χ0) is 18.2. The fourth-order valence-corrected chi connectivity index (χ4v) is 3.34. The zero-order valence-electron chi connectivity index (χ0n) is 12.9. The second kappa shape index (κ2) is 6.71. The molecule has 7 heteroatoms. The first-order chi connectivity index (χ1) is 11.7. The van der Waals surface area contributed by atoms with Crippen LogP contribution in [0.15, 0.2) is 40.9 Å². The van der Waals surface area contributed by atoms with E-state index in [9.17, 15) is 18.0 Å². The second-order valence-corrected chi connectivity index (χ2v) is 6.79. The van der Waals surface area contributed by atoms with E-state index >= 15 is 0 Å². The molecule has 3 nitrogen and oxygen atoms in total. The lowest BCUT2D eigenvalue weighted by atomic mass is 10.1. The summed E-state index contributed by atoms with van der Waals surface area (Å²) in [4.78, 5) is 11.0. The summed E-state index contributed by atoms with van der Waals surface area (Å²) in [7, 11) is 0. The predicted octanol–water partition coefficient (Wildman–Crippen LogP) is 5.16. The molecule has 0 heterocycles. The van der Waals surface area contributed by atoms with Crippen LogP contribution in [0, 0.1) is 0 Å². The van der Waals surface area contributed by atoms with Gasteiger partial charge in [-0.15, -0.1) is 0 Å². The smallest absolute Gasteiger partial charge is 0.416 e. The van der Waals surface area contributed by atoms with Gasteiger partial charge >= 0.3 is 12.1 Å². The highest BCUT2D eigenvalue weighted by molar-refractivity contribution is 9.10. The van der Waals surface area contributed by atoms with Crippen molar-refractivity contribution in [1.29, 1.82) is 0 Å². The highest BCUT2D eigenvalue weighted by Gasteiger charge is 2.32. The Morgan fingerprint density at radius 3 is 2.68 bits per heavy atom. The molecule has 0 saturated carbocycles. The topological polar surface area (TPSA) is 46.5 Å². The summed E-state index contributed by atoms with van der Waals surface area (Å²) < 4.78 is 45.7. The number of rotatable bonds is 4. The maximum absolute atomic E-state index is 13.0. The lowest BCUT2D eigenvalue weighted by Gasteiger charge is -2.19. The van der Waals surface area contributed by atoms with Crippen LogP contribution in [0.1, 0.15) is 34.8 Å². The number of carbonyl (C=O) groups is 1. The Hall–Kier alpha value is -2.02. The summed E-state index contributed by atoms with van der Waals surface area (Å²) in [5.41, 5.74) is 1.36. The largest absolute Gasteiger partial charge is 0.485 e. The molecule has 0 aliphatic heterocycles. The Balaban J connectivity index is 1.96. The maximum atomic E-state index is 13.0. The van der Waals surface area contributed by atoms with Crippen molar-refractivity contribution in [1.82, 2.24) is 0 Å². The van der Waals surface area contributed by atoms with Crippen molar-refractivity contribution in [3.8, 4) is 5.75 Å². The first-order valence-corrected chi connectivity index (χ1v) is 8.40. The minimum Gasteiger partial charge on any atom is -0.485 e. The van der Waals surface area contributed by atoms with Crippen LogP contribution in [-0.4, -0.2) is 11.1 Å². The van der Waals surface area contributed by atoms with Gasteiger partial charge in [0.25, 0.3) is 0 Å². The number of halogens is 4. The number of carboxylic acids is 1. The van der Waals surface area contributed by atoms with Gasteiger partial charge < -0.3 is 9.84 Å². The number of aryl methyl sites for hydroxylation is 1. The molecule has 1 atom stereocenters. The lowest BCUT2D eigenvalue weighted by molar-refractivity contribution is -0.137. The quantitative estimate of drug-likeness (QED) is 0.751. The number of alkyl halides is 3. The van der Waals surface area contributed by atoms with Crippen LogP contribution in [0.2, 0.25) is 0 Å². The van der Waals surface area contributed by atoms with Crippen LogP contribution in [0.4, 0.5) is 13.2 Å². The van der Waals surface area contributed by atoms with Gasteiger partial charge in [0.1, 0.15) is 11.9 Å². The van der Waals surface area contributed by atoms with Gasteiger partial charge in [0, 0.05) is 10.0 Å². The Morgan fingerprint density at radius 2 is 2.00 bits per heavy atom. The molecule has 2 aromatic carbocycles. The molecule has 0 amide bonds. The number of hydrogen-bond acceptors (Lipinski definition) is 2. The van der Waals surface area contributed by atoms with Crippen LogP contribution in [-0.2, 0) is 23.8 Å². The van der Waals surface area contributed by atoms with E-state index in [0.717, 1.165) is 34.2 Å². The Kier molecular flexibility index (Phi) is 4.77. The second-order valence-electron chi connectivity index (χ2n) is 5.88. The van der Waals surface area contributed by atoms with Crippen molar-refractivity contribution >= 4 is 21.9 Å². The Labute approximate surface area is 150 Å².